The number of nitrogens with zero attached hydrogens (tertiary/aromatic N) is 2. The van der Waals surface area contributed by atoms with E-state index < -0.39 is 0 Å². The molecule has 4 unspecified atom stereocenters. The lowest BCUT2D eigenvalue weighted by molar-refractivity contribution is 0.0942. The second-order valence-corrected chi connectivity index (χ2v) is 18.2. The number of allylic oxidation sites excluding steroid dienone is 4. The molecule has 328 valence electrons. The highest BCUT2D eigenvalue weighted by Gasteiger charge is 2.41. The van der Waals surface area contributed by atoms with Crippen molar-refractivity contribution in [2.45, 2.75) is 77.3 Å². The average Bonchev–Trinajstić information content (AvgIpc) is 4.18. The van der Waals surface area contributed by atoms with E-state index >= 15 is 0 Å². The van der Waals surface area contributed by atoms with E-state index in [-0.39, 0.29) is 11.8 Å². The van der Waals surface area contributed by atoms with Crippen molar-refractivity contribution in [3.05, 3.63) is 200 Å². The van der Waals surface area contributed by atoms with Crippen molar-refractivity contribution in [1.29, 1.82) is 0 Å². The van der Waals surface area contributed by atoms with Gasteiger partial charge in [-0.3, -0.25) is 9.59 Å². The van der Waals surface area contributed by atoms with Gasteiger partial charge in [-0.15, -0.1) is 0 Å². The van der Waals surface area contributed by atoms with E-state index in [1.165, 1.54) is 44.5 Å². The summed E-state index contributed by atoms with van der Waals surface area (Å²) in [6.45, 7) is 8.69. The Balaban J connectivity index is 0.000000146. The highest BCUT2D eigenvalue weighted by atomic mass is 16.3. The van der Waals surface area contributed by atoms with Crippen LogP contribution in [0.5, 0.6) is 0 Å². The molecule has 4 heterocycles. The number of aromatic nitrogens is 2. The quantitative estimate of drug-likeness (QED) is 0.117. The molecule has 0 radical (unpaired) electrons. The monoisotopic (exact) mass is 870 g/mol. The lowest BCUT2D eigenvalue weighted by atomic mass is 9.86. The van der Waals surface area contributed by atoms with Gasteiger partial charge in [-0.25, -0.2) is 9.97 Å². The molecule has 4 aromatic heterocycles. The van der Waals surface area contributed by atoms with Gasteiger partial charge in [-0.1, -0.05) is 60.7 Å². The van der Waals surface area contributed by atoms with Gasteiger partial charge in [-0.2, -0.15) is 0 Å². The Hall–Kier alpha value is -7.72. The Morgan fingerprint density at radius 1 is 0.576 bits per heavy atom. The molecule has 66 heavy (non-hydrogen) atoms. The SMILES string of the molecule is Cc1cc(N)nc(C)c1CNC(=O)c1ccc2c(c1)C1C=C(c3coc4ccccc34)C2C1.Cc1cc(N)nc(C)c1CNC(=O)c1ccc2c(c1)C1CC2C=C1c1coc2ccccc12. The fourth-order valence-electron chi connectivity index (χ4n) is 11.1. The molecule has 0 spiro atoms. The summed E-state index contributed by atoms with van der Waals surface area (Å²) >= 11 is 0. The molecular formula is C56H50N6O4. The first-order valence-electron chi connectivity index (χ1n) is 22.6. The van der Waals surface area contributed by atoms with E-state index in [4.69, 9.17) is 20.3 Å². The van der Waals surface area contributed by atoms with Gasteiger partial charge < -0.3 is 30.9 Å². The molecule has 10 nitrogen and oxygen atoms in total. The van der Waals surface area contributed by atoms with Crippen LogP contribution in [0.4, 0.5) is 11.6 Å². The molecule has 4 bridgehead atoms. The Labute approximate surface area is 382 Å². The van der Waals surface area contributed by atoms with Crippen LogP contribution in [0.15, 0.2) is 131 Å². The molecule has 4 aromatic carbocycles. The van der Waals surface area contributed by atoms with Crippen LogP contribution >= 0.6 is 0 Å². The zero-order valence-corrected chi connectivity index (χ0v) is 37.4. The fourth-order valence-corrected chi connectivity index (χ4v) is 11.1. The van der Waals surface area contributed by atoms with E-state index in [1.54, 1.807) is 0 Å². The van der Waals surface area contributed by atoms with Crippen molar-refractivity contribution in [3.8, 4) is 0 Å². The third kappa shape index (κ3) is 7.04. The number of hydrogen-bond acceptors (Lipinski definition) is 8. The number of amides is 2. The molecule has 4 aliphatic rings. The number of anilines is 2. The number of fused-ring (bicyclic) bond motifs is 12. The van der Waals surface area contributed by atoms with Gasteiger partial charge in [0.25, 0.3) is 11.8 Å². The van der Waals surface area contributed by atoms with E-state index in [2.05, 4.69) is 75.2 Å². The van der Waals surface area contributed by atoms with Crippen molar-refractivity contribution in [1.82, 2.24) is 20.6 Å². The first-order valence-corrected chi connectivity index (χ1v) is 22.6. The Morgan fingerprint density at radius 2 is 1.03 bits per heavy atom. The molecule has 0 saturated carbocycles. The summed E-state index contributed by atoms with van der Waals surface area (Å²) in [6, 6.07) is 32.3. The molecular weight excluding hydrogens is 821 g/mol. The summed E-state index contributed by atoms with van der Waals surface area (Å²) in [5.41, 5.74) is 30.9. The van der Waals surface area contributed by atoms with Crippen molar-refractivity contribution in [2.75, 3.05) is 11.5 Å². The minimum atomic E-state index is -0.0736. The van der Waals surface area contributed by atoms with Crippen LogP contribution in [0.2, 0.25) is 0 Å². The summed E-state index contributed by atoms with van der Waals surface area (Å²) in [6.07, 6.45) is 10.6. The van der Waals surface area contributed by atoms with Crippen LogP contribution in [0.1, 0.15) is 124 Å². The number of aryl methyl sites for hydroxylation is 4. The maximum Gasteiger partial charge on any atom is 0.251 e. The summed E-state index contributed by atoms with van der Waals surface area (Å²) < 4.78 is 11.6. The largest absolute Gasteiger partial charge is 0.464 e. The molecule has 0 saturated heterocycles. The average molecular weight is 871 g/mol. The van der Waals surface area contributed by atoms with Gasteiger partial charge >= 0.3 is 0 Å². The minimum absolute atomic E-state index is 0.0683. The first-order chi connectivity index (χ1) is 32.0. The van der Waals surface area contributed by atoms with Crippen LogP contribution in [0.25, 0.3) is 33.1 Å². The lowest BCUT2D eigenvalue weighted by Crippen LogP contribution is -2.24. The van der Waals surface area contributed by atoms with Crippen molar-refractivity contribution in [3.63, 3.8) is 0 Å². The van der Waals surface area contributed by atoms with Gasteiger partial charge in [-0.05, 0) is 145 Å². The zero-order valence-electron chi connectivity index (χ0n) is 37.4. The maximum atomic E-state index is 13.0. The highest BCUT2D eigenvalue weighted by molar-refractivity contribution is 5.98. The first kappa shape index (κ1) is 41.0. The second kappa shape index (κ2) is 16.1. The Morgan fingerprint density at radius 3 is 1.55 bits per heavy atom. The van der Waals surface area contributed by atoms with E-state index in [9.17, 15) is 9.59 Å². The van der Waals surface area contributed by atoms with Gasteiger partial charge in [0, 0.05) is 81.2 Å². The van der Waals surface area contributed by atoms with Gasteiger partial charge in [0.1, 0.15) is 22.8 Å². The normalized spacial score (nSPS) is 18.4. The number of benzene rings is 4. The standard InChI is InChI=1S/2C28H25N3O2/c1-15-9-27(29)31-16(2)24(15)13-30-28(32)17-7-8-19-21(10-17)18-11-22(19)23(12-18)25-14-33-26-6-4-3-5-20(25)26;1-15-9-27(29)31-16(2)24(15)13-30-28(32)17-7-8-19-18-11-22(21(19)10-17)23(12-18)25-14-33-26-6-4-3-5-20(25)26/h2*3-10,12,14,18,22H,11,13H2,1-2H3,(H2,29,31)(H,30,32). The Kier molecular flexibility index (Phi) is 9.98. The predicted molar refractivity (Wildman–Crippen MR) is 260 cm³/mol. The molecule has 2 amide bonds. The number of para-hydroxylation sites is 2. The van der Waals surface area contributed by atoms with Crippen LogP contribution < -0.4 is 22.1 Å². The number of furan rings is 2. The summed E-state index contributed by atoms with van der Waals surface area (Å²) in [4.78, 5) is 34.6. The summed E-state index contributed by atoms with van der Waals surface area (Å²) in [5.74, 6) is 2.26. The van der Waals surface area contributed by atoms with Crippen LogP contribution in [0, 0.1) is 27.7 Å². The molecule has 0 aliphatic heterocycles. The molecule has 0 fully saturated rings. The lowest BCUT2D eigenvalue weighted by Gasteiger charge is -2.18. The van der Waals surface area contributed by atoms with Crippen molar-refractivity contribution in [2.24, 2.45) is 0 Å². The van der Waals surface area contributed by atoms with E-state index in [0.717, 1.165) is 68.4 Å². The molecule has 10 heteroatoms. The highest BCUT2D eigenvalue weighted by Crippen LogP contribution is 2.58. The van der Waals surface area contributed by atoms with Crippen molar-refractivity contribution >= 4 is 56.5 Å². The third-order valence-electron chi connectivity index (χ3n) is 14.3. The molecule has 4 atom stereocenters. The summed E-state index contributed by atoms with van der Waals surface area (Å²) in [7, 11) is 0. The number of nitrogen functional groups attached to an aromatic ring is 2. The van der Waals surface area contributed by atoms with Crippen LogP contribution in [-0.2, 0) is 13.1 Å². The number of rotatable bonds is 8. The van der Waals surface area contributed by atoms with Crippen LogP contribution in [0.3, 0.4) is 0 Å². The Bertz CT molecular complexity index is 3330. The number of hydrogen-bond donors (Lipinski definition) is 4. The number of nitrogens with two attached hydrogens (primary N) is 2. The fraction of sp³-hybridized carbons (Fsp3) is 0.214. The summed E-state index contributed by atoms with van der Waals surface area (Å²) in [5, 5.41) is 8.43. The van der Waals surface area contributed by atoms with Gasteiger partial charge in [0.2, 0.25) is 0 Å². The predicted octanol–water partition coefficient (Wildman–Crippen LogP) is 11.2. The zero-order chi connectivity index (χ0) is 45.4. The molecule has 6 N–H and O–H groups in total. The van der Waals surface area contributed by atoms with E-state index in [1.807, 2.05) is 94.8 Å². The van der Waals surface area contributed by atoms with Gasteiger partial charge in [0.15, 0.2) is 0 Å². The maximum absolute atomic E-state index is 13.0. The second-order valence-electron chi connectivity index (χ2n) is 18.2. The molecule has 8 aromatic rings. The number of carbonyl (C=O) groups is 2. The smallest absolute Gasteiger partial charge is 0.251 e. The van der Waals surface area contributed by atoms with E-state index in [0.29, 0.717) is 59.5 Å². The number of nitrogens with one attached hydrogen (secondary N) is 2. The van der Waals surface area contributed by atoms with Crippen LogP contribution in [-0.4, -0.2) is 21.8 Å². The number of pyridine rings is 2. The third-order valence-corrected chi connectivity index (χ3v) is 14.3. The van der Waals surface area contributed by atoms with Gasteiger partial charge in [0.05, 0.1) is 12.5 Å². The molecule has 4 aliphatic carbocycles. The number of carbonyl (C=O) groups excluding carboxylic acids is 2. The van der Waals surface area contributed by atoms with Crippen molar-refractivity contribution < 1.29 is 18.4 Å². The minimum Gasteiger partial charge on any atom is -0.464 e. The topological polar surface area (TPSA) is 162 Å². The molecule has 12 rings (SSSR count).